The van der Waals surface area contributed by atoms with E-state index in [-0.39, 0.29) is 11.3 Å². The van der Waals surface area contributed by atoms with Crippen molar-refractivity contribution in [2.24, 2.45) is 11.3 Å². The van der Waals surface area contributed by atoms with Gasteiger partial charge in [-0.25, -0.2) is 0 Å². The van der Waals surface area contributed by atoms with Crippen molar-refractivity contribution < 1.29 is 14.6 Å². The van der Waals surface area contributed by atoms with E-state index in [1.54, 1.807) is 6.92 Å². The molecule has 3 nitrogen and oxygen atoms in total. The van der Waals surface area contributed by atoms with Crippen LogP contribution < -0.4 is 0 Å². The molecular formula is C15H22O3. The summed E-state index contributed by atoms with van der Waals surface area (Å²) in [7, 11) is 0. The summed E-state index contributed by atoms with van der Waals surface area (Å²) in [5.74, 6) is 1.19. The van der Waals surface area contributed by atoms with Gasteiger partial charge in [0.15, 0.2) is 0 Å². The molecule has 100 valence electrons. The Morgan fingerprint density at radius 3 is 2.83 bits per heavy atom. The van der Waals surface area contributed by atoms with Gasteiger partial charge in [0.25, 0.3) is 0 Å². The predicted molar refractivity (Wildman–Crippen MR) is 68.3 cm³/mol. The molecule has 2 aliphatic rings. The fraction of sp³-hybridized carbons (Fsp3) is 0.733. The van der Waals surface area contributed by atoms with Gasteiger partial charge in [-0.05, 0) is 55.6 Å². The first-order valence-corrected chi connectivity index (χ1v) is 6.81. The number of rotatable bonds is 0. The van der Waals surface area contributed by atoms with Crippen LogP contribution in [0, 0.1) is 18.3 Å². The zero-order chi connectivity index (χ0) is 13.1. The SMILES string of the molecule is Cc1coc2c1CC1C(C)(CCC(O)C1(C)O)C2. The van der Waals surface area contributed by atoms with Crippen molar-refractivity contribution in [3.05, 3.63) is 23.2 Å². The van der Waals surface area contributed by atoms with E-state index in [2.05, 4.69) is 13.8 Å². The molecule has 2 N–H and O–H groups in total. The summed E-state index contributed by atoms with van der Waals surface area (Å²) in [6.45, 7) is 6.07. The minimum absolute atomic E-state index is 0.0417. The standard InChI is InChI=1S/C15H22O3/c1-9-8-18-11-7-14(2)5-4-13(16)15(3,17)12(14)6-10(9)11/h8,12-13,16-17H,4-7H2,1-3H3. The van der Waals surface area contributed by atoms with E-state index in [0.29, 0.717) is 6.42 Å². The Morgan fingerprint density at radius 2 is 2.11 bits per heavy atom. The predicted octanol–water partition coefficient (Wildman–Crippen LogP) is 2.21. The molecule has 1 aromatic heterocycles. The molecule has 0 amide bonds. The third kappa shape index (κ3) is 1.50. The highest BCUT2D eigenvalue weighted by Crippen LogP contribution is 2.53. The minimum atomic E-state index is -0.992. The number of fused-ring (bicyclic) bond motifs is 2. The molecule has 0 aromatic carbocycles. The molecule has 2 aliphatic carbocycles. The van der Waals surface area contributed by atoms with E-state index in [4.69, 9.17) is 4.42 Å². The molecular weight excluding hydrogens is 228 g/mol. The van der Waals surface area contributed by atoms with E-state index in [0.717, 1.165) is 25.0 Å². The van der Waals surface area contributed by atoms with Crippen LogP contribution in [0.4, 0.5) is 0 Å². The minimum Gasteiger partial charge on any atom is -0.469 e. The van der Waals surface area contributed by atoms with Gasteiger partial charge < -0.3 is 14.6 Å². The summed E-state index contributed by atoms with van der Waals surface area (Å²) in [5.41, 5.74) is 1.46. The maximum atomic E-state index is 10.7. The summed E-state index contributed by atoms with van der Waals surface area (Å²) in [6, 6.07) is 0. The molecule has 1 heterocycles. The first-order valence-electron chi connectivity index (χ1n) is 6.81. The van der Waals surface area contributed by atoms with Crippen LogP contribution in [0.2, 0.25) is 0 Å². The first-order chi connectivity index (χ1) is 8.34. The van der Waals surface area contributed by atoms with Gasteiger partial charge in [-0.2, -0.15) is 0 Å². The zero-order valence-corrected chi connectivity index (χ0v) is 11.4. The average molecular weight is 250 g/mol. The van der Waals surface area contributed by atoms with Gasteiger partial charge in [-0.15, -0.1) is 0 Å². The molecule has 1 saturated carbocycles. The van der Waals surface area contributed by atoms with E-state index in [1.165, 1.54) is 11.1 Å². The molecule has 0 bridgehead atoms. The van der Waals surface area contributed by atoms with Crippen molar-refractivity contribution in [1.82, 2.24) is 0 Å². The van der Waals surface area contributed by atoms with Crippen LogP contribution >= 0.6 is 0 Å². The van der Waals surface area contributed by atoms with Gasteiger partial charge in [0.2, 0.25) is 0 Å². The van der Waals surface area contributed by atoms with Gasteiger partial charge in [0.05, 0.1) is 18.0 Å². The molecule has 4 unspecified atom stereocenters. The van der Waals surface area contributed by atoms with Crippen molar-refractivity contribution >= 4 is 0 Å². The van der Waals surface area contributed by atoms with Crippen LogP contribution in [-0.4, -0.2) is 21.9 Å². The fourth-order valence-electron chi connectivity index (χ4n) is 4.05. The molecule has 0 radical (unpaired) electrons. The second-order valence-corrected chi connectivity index (χ2v) is 6.69. The van der Waals surface area contributed by atoms with Crippen LogP contribution in [0.3, 0.4) is 0 Å². The number of aliphatic hydroxyl groups is 2. The highest BCUT2D eigenvalue weighted by Gasteiger charge is 2.55. The smallest absolute Gasteiger partial charge is 0.107 e. The molecule has 1 aromatic rings. The van der Waals surface area contributed by atoms with E-state index >= 15 is 0 Å². The lowest BCUT2D eigenvalue weighted by Gasteiger charge is -2.53. The Balaban J connectivity index is 2.05. The number of hydrogen-bond donors (Lipinski definition) is 2. The van der Waals surface area contributed by atoms with Crippen LogP contribution in [0.25, 0.3) is 0 Å². The van der Waals surface area contributed by atoms with Gasteiger partial charge in [0, 0.05) is 6.42 Å². The number of hydrogen-bond acceptors (Lipinski definition) is 3. The second kappa shape index (κ2) is 3.61. The topological polar surface area (TPSA) is 53.6 Å². The highest BCUT2D eigenvalue weighted by atomic mass is 16.3. The summed E-state index contributed by atoms with van der Waals surface area (Å²) < 4.78 is 5.65. The molecule has 0 spiro atoms. The van der Waals surface area contributed by atoms with Crippen molar-refractivity contribution in [2.75, 3.05) is 0 Å². The van der Waals surface area contributed by atoms with Gasteiger partial charge in [0.1, 0.15) is 5.76 Å². The third-order valence-electron chi connectivity index (χ3n) is 5.37. The average Bonchev–Trinajstić information content (AvgIpc) is 2.64. The van der Waals surface area contributed by atoms with Crippen LogP contribution in [0.1, 0.15) is 43.6 Å². The molecule has 0 saturated heterocycles. The molecule has 18 heavy (non-hydrogen) atoms. The van der Waals surface area contributed by atoms with Crippen molar-refractivity contribution in [2.45, 2.75) is 58.2 Å². The Kier molecular flexibility index (Phi) is 2.46. The maximum Gasteiger partial charge on any atom is 0.107 e. The van der Waals surface area contributed by atoms with E-state index in [1.807, 2.05) is 6.26 Å². The van der Waals surface area contributed by atoms with Crippen molar-refractivity contribution in [3.63, 3.8) is 0 Å². The van der Waals surface area contributed by atoms with Crippen LogP contribution in [-0.2, 0) is 12.8 Å². The van der Waals surface area contributed by atoms with Crippen LogP contribution in [0.15, 0.2) is 10.7 Å². The van der Waals surface area contributed by atoms with Crippen molar-refractivity contribution in [3.8, 4) is 0 Å². The van der Waals surface area contributed by atoms with Gasteiger partial charge in [-0.1, -0.05) is 6.92 Å². The zero-order valence-electron chi connectivity index (χ0n) is 11.4. The Labute approximate surface area is 108 Å². The van der Waals surface area contributed by atoms with E-state index < -0.39 is 11.7 Å². The lowest BCUT2D eigenvalue weighted by atomic mass is 9.54. The lowest BCUT2D eigenvalue weighted by Crippen LogP contribution is -2.59. The van der Waals surface area contributed by atoms with Gasteiger partial charge >= 0.3 is 0 Å². The molecule has 1 fully saturated rings. The Morgan fingerprint density at radius 1 is 1.39 bits per heavy atom. The second-order valence-electron chi connectivity index (χ2n) is 6.69. The van der Waals surface area contributed by atoms with E-state index in [9.17, 15) is 10.2 Å². The molecule has 3 rings (SSSR count). The number of aliphatic hydroxyl groups excluding tert-OH is 1. The first kappa shape index (κ1) is 12.2. The third-order valence-corrected chi connectivity index (χ3v) is 5.37. The highest BCUT2D eigenvalue weighted by molar-refractivity contribution is 5.32. The summed E-state index contributed by atoms with van der Waals surface area (Å²) in [6.07, 6.45) is 4.53. The van der Waals surface area contributed by atoms with Gasteiger partial charge in [-0.3, -0.25) is 0 Å². The fourth-order valence-corrected chi connectivity index (χ4v) is 4.05. The Hall–Kier alpha value is -0.800. The lowest BCUT2D eigenvalue weighted by molar-refractivity contribution is -0.170. The quantitative estimate of drug-likeness (QED) is 0.742. The van der Waals surface area contributed by atoms with Crippen molar-refractivity contribution in [1.29, 1.82) is 0 Å². The van der Waals surface area contributed by atoms with Crippen LogP contribution in [0.5, 0.6) is 0 Å². The number of furan rings is 1. The monoisotopic (exact) mass is 250 g/mol. The Bertz CT molecular complexity index is 474. The summed E-state index contributed by atoms with van der Waals surface area (Å²) in [5, 5.41) is 20.8. The molecule has 0 aliphatic heterocycles. The number of aryl methyl sites for hydroxylation is 1. The normalized spacial score (nSPS) is 43.4. The molecule has 4 atom stereocenters. The maximum absolute atomic E-state index is 10.7. The largest absolute Gasteiger partial charge is 0.469 e. The summed E-state index contributed by atoms with van der Waals surface area (Å²) in [4.78, 5) is 0. The molecule has 3 heteroatoms. The summed E-state index contributed by atoms with van der Waals surface area (Å²) >= 11 is 0.